The highest BCUT2D eigenvalue weighted by Crippen LogP contribution is 2.20. The van der Waals surface area contributed by atoms with Gasteiger partial charge in [-0.25, -0.2) is 0 Å². The molecule has 3 rings (SSSR count). The smallest absolute Gasteiger partial charge is 0.254 e. The van der Waals surface area contributed by atoms with Crippen molar-refractivity contribution in [2.75, 3.05) is 13.1 Å². The van der Waals surface area contributed by atoms with Crippen LogP contribution in [0, 0.1) is 0 Å². The number of benzene rings is 1. The summed E-state index contributed by atoms with van der Waals surface area (Å²) in [7, 11) is 0. The Hall–Kier alpha value is -2.20. The minimum Gasteiger partial charge on any atom is -0.330 e. The van der Waals surface area contributed by atoms with Crippen molar-refractivity contribution in [3.05, 3.63) is 65.5 Å². The average Bonchev–Trinajstić information content (AvgIpc) is 2.96. The summed E-state index contributed by atoms with van der Waals surface area (Å²) in [6.45, 7) is 4.70. The van der Waals surface area contributed by atoms with Gasteiger partial charge in [-0.15, -0.1) is 0 Å². The van der Waals surface area contributed by atoms with Crippen LogP contribution in [0.4, 0.5) is 0 Å². The van der Waals surface area contributed by atoms with Crippen LogP contribution in [0.5, 0.6) is 0 Å². The Morgan fingerprint density at radius 3 is 2.72 bits per heavy atom. The topological polar surface area (TPSA) is 45.2 Å². The minimum absolute atomic E-state index is 0.111. The molecule has 1 aliphatic heterocycles. The lowest BCUT2D eigenvalue weighted by Crippen LogP contribution is -2.40. The Labute approximate surface area is 150 Å². The fourth-order valence-electron chi connectivity index (χ4n) is 3.39. The predicted octanol–water partition coefficient (Wildman–Crippen LogP) is 3.43. The van der Waals surface area contributed by atoms with Crippen molar-refractivity contribution in [1.29, 1.82) is 0 Å². The molecule has 0 radical (unpaired) electrons. The van der Waals surface area contributed by atoms with Crippen molar-refractivity contribution in [2.24, 2.45) is 0 Å². The van der Waals surface area contributed by atoms with E-state index in [4.69, 9.17) is 0 Å². The van der Waals surface area contributed by atoms with Crippen molar-refractivity contribution in [2.45, 2.75) is 45.2 Å². The molecular weight excluding hydrogens is 310 g/mol. The van der Waals surface area contributed by atoms with Crippen molar-refractivity contribution in [3.8, 4) is 0 Å². The molecule has 0 unspecified atom stereocenters. The summed E-state index contributed by atoms with van der Waals surface area (Å²) in [6, 6.07) is 14.2. The lowest BCUT2D eigenvalue weighted by atomic mass is 10.0. The molecule has 1 amide bonds. The summed E-state index contributed by atoms with van der Waals surface area (Å²) in [4.78, 5) is 19.7. The highest BCUT2D eigenvalue weighted by Gasteiger charge is 2.26. The zero-order chi connectivity index (χ0) is 17.5. The second-order valence-corrected chi connectivity index (χ2v) is 6.64. The monoisotopic (exact) mass is 337 g/mol. The number of hydrogen-bond donors (Lipinski definition) is 1. The van der Waals surface area contributed by atoms with Crippen LogP contribution in [-0.2, 0) is 13.0 Å². The third-order valence-corrected chi connectivity index (χ3v) is 4.91. The molecule has 1 fully saturated rings. The average molecular weight is 337 g/mol. The standard InChI is InChI=1S/C21H27N3O/c1-2-17-8-10-18(11-9-17)21(25)24(16-19-6-3-4-14-23-19)20-7-5-13-22-15-12-20/h3-4,6,8-11,14,20,22H,2,5,7,12-13,15-16H2,1H3/t20-/m0/s1. The zero-order valence-corrected chi connectivity index (χ0v) is 14.9. The van der Waals surface area contributed by atoms with Gasteiger partial charge >= 0.3 is 0 Å². The largest absolute Gasteiger partial charge is 0.330 e. The van der Waals surface area contributed by atoms with Gasteiger partial charge in [0.15, 0.2) is 0 Å². The first-order valence-corrected chi connectivity index (χ1v) is 9.28. The number of nitrogens with one attached hydrogen (secondary N) is 1. The number of hydrogen-bond acceptors (Lipinski definition) is 3. The zero-order valence-electron chi connectivity index (χ0n) is 14.9. The molecule has 2 aromatic rings. The van der Waals surface area contributed by atoms with Crippen molar-refractivity contribution in [3.63, 3.8) is 0 Å². The molecule has 1 aromatic heterocycles. The Balaban J connectivity index is 1.84. The first kappa shape index (κ1) is 17.6. The van der Waals surface area contributed by atoms with Gasteiger partial charge in [0.1, 0.15) is 0 Å². The van der Waals surface area contributed by atoms with E-state index < -0.39 is 0 Å². The Kier molecular flexibility index (Phi) is 6.18. The normalized spacial score (nSPS) is 17.7. The summed E-state index contributed by atoms with van der Waals surface area (Å²) in [5.41, 5.74) is 2.97. The fourth-order valence-corrected chi connectivity index (χ4v) is 3.39. The molecule has 4 nitrogen and oxygen atoms in total. The van der Waals surface area contributed by atoms with E-state index in [2.05, 4.69) is 29.4 Å². The van der Waals surface area contributed by atoms with Crippen LogP contribution >= 0.6 is 0 Å². The molecule has 1 N–H and O–H groups in total. The minimum atomic E-state index is 0.111. The summed E-state index contributed by atoms with van der Waals surface area (Å²) in [5, 5.41) is 3.44. The first-order chi connectivity index (χ1) is 12.3. The van der Waals surface area contributed by atoms with Crippen LogP contribution in [0.2, 0.25) is 0 Å². The number of rotatable bonds is 5. The Morgan fingerprint density at radius 2 is 2.00 bits per heavy atom. The molecular formula is C21H27N3O. The third-order valence-electron chi connectivity index (χ3n) is 4.91. The number of aromatic nitrogens is 1. The van der Waals surface area contributed by atoms with E-state index in [1.807, 2.05) is 35.2 Å². The molecule has 0 aliphatic carbocycles. The molecule has 1 aliphatic rings. The lowest BCUT2D eigenvalue weighted by Gasteiger charge is -2.31. The number of amides is 1. The van der Waals surface area contributed by atoms with Crippen LogP contribution in [0.25, 0.3) is 0 Å². The highest BCUT2D eigenvalue weighted by molar-refractivity contribution is 5.94. The molecule has 0 spiro atoms. The molecule has 4 heteroatoms. The number of nitrogens with zero attached hydrogens (tertiary/aromatic N) is 2. The van der Waals surface area contributed by atoms with Crippen molar-refractivity contribution in [1.82, 2.24) is 15.2 Å². The molecule has 25 heavy (non-hydrogen) atoms. The molecule has 0 bridgehead atoms. The maximum absolute atomic E-state index is 13.2. The van der Waals surface area contributed by atoms with E-state index in [0.717, 1.165) is 50.0 Å². The van der Waals surface area contributed by atoms with Crippen LogP contribution in [-0.4, -0.2) is 34.9 Å². The van der Waals surface area contributed by atoms with E-state index in [-0.39, 0.29) is 11.9 Å². The van der Waals surface area contributed by atoms with Crippen LogP contribution in [0.15, 0.2) is 48.7 Å². The van der Waals surface area contributed by atoms with Gasteiger partial charge in [-0.05, 0) is 68.6 Å². The SMILES string of the molecule is CCc1ccc(C(=O)N(Cc2ccccn2)[C@H]2CCCNCC2)cc1. The van der Waals surface area contributed by atoms with Crippen molar-refractivity contribution < 1.29 is 4.79 Å². The number of carbonyl (C=O) groups excluding carboxylic acids is 1. The van der Waals surface area contributed by atoms with E-state index in [1.54, 1.807) is 6.20 Å². The number of aryl methyl sites for hydroxylation is 1. The van der Waals surface area contributed by atoms with Gasteiger partial charge < -0.3 is 10.2 Å². The van der Waals surface area contributed by atoms with E-state index >= 15 is 0 Å². The van der Waals surface area contributed by atoms with Gasteiger partial charge in [0.2, 0.25) is 0 Å². The maximum atomic E-state index is 13.2. The van der Waals surface area contributed by atoms with Crippen molar-refractivity contribution >= 4 is 5.91 Å². The second-order valence-electron chi connectivity index (χ2n) is 6.64. The number of carbonyl (C=O) groups is 1. The molecule has 2 heterocycles. The molecule has 1 aromatic carbocycles. The Bertz CT molecular complexity index is 661. The molecule has 132 valence electrons. The predicted molar refractivity (Wildman–Crippen MR) is 100 cm³/mol. The van der Waals surface area contributed by atoms with Gasteiger partial charge in [-0.3, -0.25) is 9.78 Å². The summed E-state index contributed by atoms with van der Waals surface area (Å²) >= 11 is 0. The van der Waals surface area contributed by atoms with Gasteiger partial charge in [0, 0.05) is 17.8 Å². The van der Waals surface area contributed by atoms with Gasteiger partial charge in [-0.2, -0.15) is 0 Å². The van der Waals surface area contributed by atoms with E-state index in [0.29, 0.717) is 6.54 Å². The molecule has 0 saturated carbocycles. The molecule has 1 atom stereocenters. The number of pyridine rings is 1. The highest BCUT2D eigenvalue weighted by atomic mass is 16.2. The lowest BCUT2D eigenvalue weighted by molar-refractivity contribution is 0.0642. The summed E-state index contributed by atoms with van der Waals surface area (Å²) in [5.74, 6) is 0.111. The van der Waals surface area contributed by atoms with Gasteiger partial charge in [0.25, 0.3) is 5.91 Å². The summed E-state index contributed by atoms with van der Waals surface area (Å²) < 4.78 is 0. The van der Waals surface area contributed by atoms with Crippen LogP contribution in [0.3, 0.4) is 0 Å². The van der Waals surface area contributed by atoms with Gasteiger partial charge in [0.05, 0.1) is 12.2 Å². The van der Waals surface area contributed by atoms with E-state index in [9.17, 15) is 4.79 Å². The summed E-state index contributed by atoms with van der Waals surface area (Å²) in [6.07, 6.45) is 5.92. The molecule has 1 saturated heterocycles. The quantitative estimate of drug-likeness (QED) is 0.909. The Morgan fingerprint density at radius 1 is 1.16 bits per heavy atom. The first-order valence-electron chi connectivity index (χ1n) is 9.28. The van der Waals surface area contributed by atoms with E-state index in [1.165, 1.54) is 5.56 Å². The maximum Gasteiger partial charge on any atom is 0.254 e. The second kappa shape index (κ2) is 8.77. The third kappa shape index (κ3) is 4.67. The fraction of sp³-hybridized carbons (Fsp3) is 0.429. The van der Waals surface area contributed by atoms with Crippen LogP contribution < -0.4 is 5.32 Å². The van der Waals surface area contributed by atoms with Crippen LogP contribution in [0.1, 0.15) is 47.8 Å². The van der Waals surface area contributed by atoms with Gasteiger partial charge in [-0.1, -0.05) is 25.1 Å².